The lowest BCUT2D eigenvalue weighted by atomic mass is 10.1. The first-order chi connectivity index (χ1) is 6.35. The predicted molar refractivity (Wildman–Crippen MR) is 58.1 cm³/mol. The highest BCUT2D eigenvalue weighted by Crippen LogP contribution is 2.15. The van der Waals surface area contributed by atoms with Gasteiger partial charge in [-0.3, -0.25) is 0 Å². The van der Waals surface area contributed by atoms with E-state index in [1.54, 1.807) is 0 Å². The van der Waals surface area contributed by atoms with Gasteiger partial charge in [0.2, 0.25) is 0 Å². The maximum absolute atomic E-state index is 8.40. The molecular formula is C9H22NO2P. The van der Waals surface area contributed by atoms with Crippen molar-refractivity contribution in [2.24, 2.45) is 0 Å². The van der Waals surface area contributed by atoms with Gasteiger partial charge in [0.05, 0.1) is 6.10 Å². The van der Waals surface area contributed by atoms with Crippen LogP contribution in [0.3, 0.4) is 0 Å². The van der Waals surface area contributed by atoms with Gasteiger partial charge < -0.3 is 14.7 Å². The molecular weight excluding hydrogens is 185 g/mol. The zero-order chi connectivity index (χ0) is 9.94. The molecule has 2 N–H and O–H groups in total. The molecule has 3 nitrogen and oxygen atoms in total. The van der Waals surface area contributed by atoms with Crippen LogP contribution in [0.25, 0.3) is 0 Å². The summed E-state index contributed by atoms with van der Waals surface area (Å²) in [6, 6.07) is 0. The number of hydrogen-bond acceptors (Lipinski definition) is 3. The molecule has 0 spiro atoms. The first-order valence-corrected chi connectivity index (χ1v) is 5.96. The fraction of sp³-hybridized carbons (Fsp3) is 1.00. The van der Waals surface area contributed by atoms with Crippen molar-refractivity contribution in [2.75, 3.05) is 13.1 Å². The third-order valence-corrected chi connectivity index (χ3v) is 2.44. The summed E-state index contributed by atoms with van der Waals surface area (Å²) in [5.41, 5.74) is 0. The minimum atomic E-state index is -0.339. The lowest BCUT2D eigenvalue weighted by Gasteiger charge is -2.20. The Hall–Kier alpha value is 0.310. The van der Waals surface area contributed by atoms with Gasteiger partial charge in [0.25, 0.3) is 0 Å². The van der Waals surface area contributed by atoms with Gasteiger partial charge in [-0.15, -0.1) is 0 Å². The average molecular weight is 207 g/mol. The Bertz CT molecular complexity index is 92.9. The molecule has 1 unspecified atom stereocenters. The topological polar surface area (TPSA) is 41.5 Å². The van der Waals surface area contributed by atoms with E-state index in [9.17, 15) is 0 Å². The first kappa shape index (κ1) is 13.3. The lowest BCUT2D eigenvalue weighted by molar-refractivity contribution is 0.172. The van der Waals surface area contributed by atoms with Crippen LogP contribution >= 0.6 is 9.03 Å². The molecule has 0 amide bonds. The molecule has 1 aliphatic heterocycles. The van der Waals surface area contributed by atoms with Crippen molar-refractivity contribution in [2.45, 2.75) is 45.6 Å². The smallest absolute Gasteiger partial charge is 0.152 e. The second-order valence-corrected chi connectivity index (χ2v) is 3.58. The summed E-state index contributed by atoms with van der Waals surface area (Å²) < 4.78 is 5.03. The van der Waals surface area contributed by atoms with Crippen LogP contribution in [0, 0.1) is 0 Å². The van der Waals surface area contributed by atoms with Gasteiger partial charge in [-0.25, -0.2) is 0 Å². The van der Waals surface area contributed by atoms with Gasteiger partial charge in [0.15, 0.2) is 9.03 Å². The second kappa shape index (κ2) is 10.4. The van der Waals surface area contributed by atoms with E-state index in [1.807, 2.05) is 0 Å². The Morgan fingerprint density at radius 3 is 2.23 bits per heavy atom. The largest absolute Gasteiger partial charge is 0.352 e. The summed E-state index contributed by atoms with van der Waals surface area (Å²) in [6.07, 6.45) is 5.01. The van der Waals surface area contributed by atoms with E-state index < -0.39 is 0 Å². The molecule has 1 heterocycles. The minimum Gasteiger partial charge on any atom is -0.352 e. The van der Waals surface area contributed by atoms with E-state index in [-0.39, 0.29) is 9.03 Å². The minimum absolute atomic E-state index is 0.301. The van der Waals surface area contributed by atoms with E-state index >= 15 is 0 Å². The van der Waals surface area contributed by atoms with Crippen LogP contribution < -0.4 is 5.32 Å². The van der Waals surface area contributed by atoms with E-state index in [0.717, 1.165) is 25.9 Å². The Balaban J connectivity index is 0.000000310. The number of piperidine rings is 1. The molecule has 80 valence electrons. The Morgan fingerprint density at radius 1 is 1.31 bits per heavy atom. The van der Waals surface area contributed by atoms with Crippen molar-refractivity contribution >= 4 is 9.03 Å². The van der Waals surface area contributed by atoms with Crippen molar-refractivity contribution < 1.29 is 9.42 Å². The number of unbranched alkanes of at least 4 members (excludes halogenated alkanes) is 1. The van der Waals surface area contributed by atoms with Crippen molar-refractivity contribution in [3.05, 3.63) is 0 Å². The Kier molecular flexibility index (Phi) is 10.6. The van der Waals surface area contributed by atoms with Crippen LogP contribution in [0.2, 0.25) is 0 Å². The average Bonchev–Trinajstić information content (AvgIpc) is 2.20. The number of nitrogens with one attached hydrogen (secondary N) is 1. The molecule has 0 radical (unpaired) electrons. The van der Waals surface area contributed by atoms with Gasteiger partial charge in [0, 0.05) is 0 Å². The molecule has 4 heteroatoms. The summed E-state index contributed by atoms with van der Waals surface area (Å²) >= 11 is 0. The normalized spacial score (nSPS) is 18.7. The van der Waals surface area contributed by atoms with Crippen LogP contribution in [-0.4, -0.2) is 24.1 Å². The molecule has 0 aromatic heterocycles. The SMILES string of the molecule is CCCC.OPOC1CCNCC1. The van der Waals surface area contributed by atoms with Crippen LogP contribution in [0.5, 0.6) is 0 Å². The standard InChI is InChI=1S/C5H12NO2P.C4H10/c7-9-8-5-1-3-6-4-2-5;1-3-4-2/h5-7,9H,1-4H2;3-4H2,1-2H3. The van der Waals surface area contributed by atoms with Gasteiger partial charge in [-0.2, -0.15) is 0 Å². The summed E-state index contributed by atoms with van der Waals surface area (Å²) in [5.74, 6) is 0. The van der Waals surface area contributed by atoms with Crippen molar-refractivity contribution in [1.29, 1.82) is 0 Å². The van der Waals surface area contributed by atoms with E-state index in [1.165, 1.54) is 12.8 Å². The zero-order valence-electron chi connectivity index (χ0n) is 8.68. The Morgan fingerprint density at radius 2 is 1.85 bits per heavy atom. The maximum atomic E-state index is 8.40. The van der Waals surface area contributed by atoms with E-state index in [0.29, 0.717) is 6.10 Å². The quantitative estimate of drug-likeness (QED) is 0.696. The summed E-state index contributed by atoms with van der Waals surface area (Å²) in [6.45, 7) is 6.41. The van der Waals surface area contributed by atoms with Crippen molar-refractivity contribution in [3.8, 4) is 0 Å². The van der Waals surface area contributed by atoms with Crippen LogP contribution in [-0.2, 0) is 4.52 Å². The molecule has 0 aromatic rings. The monoisotopic (exact) mass is 207 g/mol. The molecule has 1 rings (SSSR count). The highest BCUT2D eigenvalue weighted by molar-refractivity contribution is 7.25. The third kappa shape index (κ3) is 8.63. The molecule has 0 bridgehead atoms. The molecule has 13 heavy (non-hydrogen) atoms. The molecule has 0 saturated carbocycles. The van der Waals surface area contributed by atoms with E-state index in [2.05, 4.69) is 19.2 Å². The molecule has 1 saturated heterocycles. The zero-order valence-corrected chi connectivity index (χ0v) is 9.68. The maximum Gasteiger partial charge on any atom is 0.152 e. The van der Waals surface area contributed by atoms with Crippen molar-refractivity contribution in [3.63, 3.8) is 0 Å². The van der Waals surface area contributed by atoms with Crippen LogP contribution in [0.15, 0.2) is 0 Å². The lowest BCUT2D eigenvalue weighted by Crippen LogP contribution is -2.31. The fourth-order valence-electron chi connectivity index (χ4n) is 0.988. The summed E-state index contributed by atoms with van der Waals surface area (Å²) in [7, 11) is -0.339. The number of hydrogen-bond donors (Lipinski definition) is 2. The van der Waals surface area contributed by atoms with Gasteiger partial charge in [0.1, 0.15) is 0 Å². The van der Waals surface area contributed by atoms with Crippen LogP contribution in [0.4, 0.5) is 0 Å². The molecule has 1 aliphatic rings. The summed E-state index contributed by atoms with van der Waals surface area (Å²) in [4.78, 5) is 8.40. The predicted octanol–water partition coefficient (Wildman–Crippen LogP) is 2.06. The molecule has 0 aliphatic carbocycles. The highest BCUT2D eigenvalue weighted by atomic mass is 31.1. The molecule has 1 fully saturated rings. The van der Waals surface area contributed by atoms with Gasteiger partial charge in [-0.1, -0.05) is 26.7 Å². The number of rotatable bonds is 3. The van der Waals surface area contributed by atoms with Gasteiger partial charge >= 0.3 is 0 Å². The Labute approximate surface area is 83.2 Å². The van der Waals surface area contributed by atoms with Gasteiger partial charge in [-0.05, 0) is 25.9 Å². The van der Waals surface area contributed by atoms with Crippen molar-refractivity contribution in [1.82, 2.24) is 5.32 Å². The molecule has 1 atom stereocenters. The molecule has 0 aromatic carbocycles. The summed E-state index contributed by atoms with van der Waals surface area (Å²) in [5, 5.41) is 3.21. The van der Waals surface area contributed by atoms with E-state index in [4.69, 9.17) is 9.42 Å². The first-order valence-electron chi connectivity index (χ1n) is 5.10. The fourth-order valence-corrected chi connectivity index (χ4v) is 1.37. The van der Waals surface area contributed by atoms with Crippen LogP contribution in [0.1, 0.15) is 39.5 Å². The highest BCUT2D eigenvalue weighted by Gasteiger charge is 2.11. The third-order valence-electron chi connectivity index (χ3n) is 2.01. The second-order valence-electron chi connectivity index (χ2n) is 3.16.